The fraction of sp³-hybridized carbons (Fsp3) is 0.625. The maximum absolute atomic E-state index is 5.64. The van der Waals surface area contributed by atoms with Crippen molar-refractivity contribution in [2.75, 3.05) is 7.11 Å². The fourth-order valence-electron chi connectivity index (χ4n) is 2.44. The Morgan fingerprint density at radius 2 is 1.95 bits per heavy atom. The highest BCUT2D eigenvalue weighted by atomic mass is 79.9. The summed E-state index contributed by atoms with van der Waals surface area (Å²) in [4.78, 5) is 0.338. The molecule has 0 saturated heterocycles. The Labute approximate surface area is 134 Å². The lowest BCUT2D eigenvalue weighted by atomic mass is 9.91. The van der Waals surface area contributed by atoms with Gasteiger partial charge in [0.05, 0.1) is 7.11 Å². The van der Waals surface area contributed by atoms with Crippen molar-refractivity contribution in [1.29, 1.82) is 0 Å². The Bertz CT molecular complexity index is 429. The van der Waals surface area contributed by atoms with Gasteiger partial charge in [0, 0.05) is 14.9 Å². The van der Waals surface area contributed by atoms with Crippen molar-refractivity contribution < 1.29 is 4.74 Å². The standard InChI is InChI=1S/C16H24Br2O/c1-6-7-8-10(2)15(18)14-12(4)13(17)9-11(3)16(14)19-5/h9-10,15H,6-8H2,1-5H3. The molecule has 0 aliphatic rings. The van der Waals surface area contributed by atoms with Crippen LogP contribution in [-0.4, -0.2) is 7.11 Å². The average molecular weight is 392 g/mol. The highest BCUT2D eigenvalue weighted by Crippen LogP contribution is 2.44. The molecule has 1 aromatic carbocycles. The molecule has 0 amide bonds. The first-order valence-electron chi connectivity index (χ1n) is 6.91. The zero-order chi connectivity index (χ0) is 14.6. The quantitative estimate of drug-likeness (QED) is 0.514. The van der Waals surface area contributed by atoms with Crippen LogP contribution in [0.3, 0.4) is 0 Å². The Morgan fingerprint density at radius 1 is 1.32 bits per heavy atom. The van der Waals surface area contributed by atoms with Gasteiger partial charge in [-0.1, -0.05) is 58.5 Å². The third-order valence-corrected chi connectivity index (χ3v) is 5.88. The van der Waals surface area contributed by atoms with E-state index in [-0.39, 0.29) is 0 Å². The van der Waals surface area contributed by atoms with E-state index >= 15 is 0 Å². The number of halogens is 2. The van der Waals surface area contributed by atoms with E-state index in [1.165, 1.54) is 36.0 Å². The zero-order valence-electron chi connectivity index (χ0n) is 12.5. The number of alkyl halides is 1. The van der Waals surface area contributed by atoms with E-state index in [9.17, 15) is 0 Å². The molecule has 0 spiro atoms. The predicted molar refractivity (Wildman–Crippen MR) is 90.5 cm³/mol. The van der Waals surface area contributed by atoms with Gasteiger partial charge in [0.25, 0.3) is 0 Å². The van der Waals surface area contributed by atoms with Gasteiger partial charge in [-0.25, -0.2) is 0 Å². The molecule has 0 aliphatic carbocycles. The summed E-state index contributed by atoms with van der Waals surface area (Å²) in [6.07, 6.45) is 3.76. The molecule has 0 N–H and O–H groups in total. The molecule has 1 aromatic rings. The first-order chi connectivity index (χ1) is 8.93. The smallest absolute Gasteiger partial charge is 0.126 e. The monoisotopic (exact) mass is 390 g/mol. The number of rotatable bonds is 6. The van der Waals surface area contributed by atoms with E-state index in [4.69, 9.17) is 4.74 Å². The normalized spacial score (nSPS) is 14.3. The Kier molecular flexibility index (Phi) is 6.89. The summed E-state index contributed by atoms with van der Waals surface area (Å²) in [5, 5.41) is 0. The first-order valence-corrected chi connectivity index (χ1v) is 8.62. The van der Waals surface area contributed by atoms with Crippen LogP contribution < -0.4 is 4.74 Å². The summed E-state index contributed by atoms with van der Waals surface area (Å²) < 4.78 is 6.80. The van der Waals surface area contributed by atoms with Gasteiger partial charge in [0.15, 0.2) is 0 Å². The van der Waals surface area contributed by atoms with E-state index in [1.54, 1.807) is 7.11 Å². The number of unbranched alkanes of at least 4 members (excludes halogenated alkanes) is 1. The molecular weight excluding hydrogens is 368 g/mol. The van der Waals surface area contributed by atoms with E-state index in [0.717, 1.165) is 10.2 Å². The van der Waals surface area contributed by atoms with Crippen LogP contribution in [0.1, 0.15) is 54.6 Å². The molecule has 2 atom stereocenters. The van der Waals surface area contributed by atoms with Gasteiger partial charge in [0.1, 0.15) is 5.75 Å². The molecule has 2 unspecified atom stereocenters. The van der Waals surface area contributed by atoms with Crippen LogP contribution in [0, 0.1) is 19.8 Å². The van der Waals surface area contributed by atoms with Gasteiger partial charge < -0.3 is 4.74 Å². The third-order valence-electron chi connectivity index (χ3n) is 3.70. The van der Waals surface area contributed by atoms with Crippen molar-refractivity contribution in [3.63, 3.8) is 0 Å². The number of ether oxygens (including phenoxy) is 1. The third kappa shape index (κ3) is 3.98. The number of aryl methyl sites for hydroxylation is 1. The molecule has 19 heavy (non-hydrogen) atoms. The number of hydrogen-bond donors (Lipinski definition) is 0. The second-order valence-corrected chi connectivity index (χ2v) is 7.11. The molecule has 0 heterocycles. The van der Waals surface area contributed by atoms with Crippen LogP contribution in [0.2, 0.25) is 0 Å². The Morgan fingerprint density at radius 3 is 2.47 bits per heavy atom. The lowest BCUT2D eigenvalue weighted by Crippen LogP contribution is -2.08. The largest absolute Gasteiger partial charge is 0.496 e. The van der Waals surface area contributed by atoms with Crippen molar-refractivity contribution in [2.24, 2.45) is 5.92 Å². The van der Waals surface area contributed by atoms with Crippen LogP contribution in [-0.2, 0) is 0 Å². The number of benzene rings is 1. The molecule has 1 rings (SSSR count). The maximum Gasteiger partial charge on any atom is 0.126 e. The van der Waals surface area contributed by atoms with Gasteiger partial charge in [-0.3, -0.25) is 0 Å². The molecule has 108 valence electrons. The molecule has 0 radical (unpaired) electrons. The van der Waals surface area contributed by atoms with Crippen LogP contribution in [0.5, 0.6) is 5.75 Å². The second-order valence-electron chi connectivity index (χ2n) is 5.27. The molecule has 3 heteroatoms. The van der Waals surface area contributed by atoms with Crippen LogP contribution in [0.15, 0.2) is 10.5 Å². The van der Waals surface area contributed by atoms with Gasteiger partial charge in [0.2, 0.25) is 0 Å². The minimum atomic E-state index is 0.338. The van der Waals surface area contributed by atoms with Crippen molar-refractivity contribution >= 4 is 31.9 Å². The number of hydrogen-bond acceptors (Lipinski definition) is 1. The second kappa shape index (κ2) is 7.68. The average Bonchev–Trinajstić information content (AvgIpc) is 2.38. The fourth-order valence-corrected chi connectivity index (χ4v) is 3.81. The van der Waals surface area contributed by atoms with Gasteiger partial charge in [-0.2, -0.15) is 0 Å². The molecule has 0 bridgehead atoms. The zero-order valence-corrected chi connectivity index (χ0v) is 15.7. The lowest BCUT2D eigenvalue weighted by Gasteiger charge is -2.24. The molecule has 0 aromatic heterocycles. The SMILES string of the molecule is CCCCC(C)C(Br)c1c(C)c(Br)cc(C)c1OC. The minimum Gasteiger partial charge on any atom is -0.496 e. The summed E-state index contributed by atoms with van der Waals surface area (Å²) in [7, 11) is 1.76. The summed E-state index contributed by atoms with van der Waals surface area (Å²) in [6, 6.07) is 2.13. The highest BCUT2D eigenvalue weighted by Gasteiger charge is 2.24. The van der Waals surface area contributed by atoms with Crippen molar-refractivity contribution in [1.82, 2.24) is 0 Å². The van der Waals surface area contributed by atoms with Crippen molar-refractivity contribution in [3.8, 4) is 5.75 Å². The molecule has 0 fully saturated rings. The molecule has 0 aliphatic heterocycles. The Hall–Kier alpha value is -0.0200. The van der Waals surface area contributed by atoms with Crippen LogP contribution in [0.4, 0.5) is 0 Å². The lowest BCUT2D eigenvalue weighted by molar-refractivity contribution is 0.398. The first kappa shape index (κ1) is 17.0. The van der Waals surface area contributed by atoms with Gasteiger partial charge in [-0.15, -0.1) is 0 Å². The van der Waals surface area contributed by atoms with E-state index < -0.39 is 0 Å². The highest BCUT2D eigenvalue weighted by molar-refractivity contribution is 9.10. The maximum atomic E-state index is 5.64. The topological polar surface area (TPSA) is 9.23 Å². The van der Waals surface area contributed by atoms with E-state index in [2.05, 4.69) is 65.6 Å². The molecule has 1 nitrogen and oxygen atoms in total. The van der Waals surface area contributed by atoms with Crippen LogP contribution in [0.25, 0.3) is 0 Å². The summed E-state index contributed by atoms with van der Waals surface area (Å²) >= 11 is 7.55. The van der Waals surface area contributed by atoms with E-state index in [0.29, 0.717) is 10.7 Å². The van der Waals surface area contributed by atoms with Gasteiger partial charge in [-0.05, 0) is 43.4 Å². The number of methoxy groups -OCH3 is 1. The molecule has 0 saturated carbocycles. The van der Waals surface area contributed by atoms with Crippen molar-refractivity contribution in [2.45, 2.75) is 51.8 Å². The summed E-state index contributed by atoms with van der Waals surface area (Å²) in [5.41, 5.74) is 3.74. The van der Waals surface area contributed by atoms with E-state index in [1.807, 2.05) is 0 Å². The summed E-state index contributed by atoms with van der Waals surface area (Å²) in [5.74, 6) is 1.62. The summed E-state index contributed by atoms with van der Waals surface area (Å²) in [6.45, 7) is 8.81. The van der Waals surface area contributed by atoms with Crippen molar-refractivity contribution in [3.05, 3.63) is 27.2 Å². The predicted octanol–water partition coefficient (Wildman–Crippen LogP) is 6.34. The minimum absolute atomic E-state index is 0.338. The van der Waals surface area contributed by atoms with Crippen LogP contribution >= 0.6 is 31.9 Å². The molecular formula is C16H24Br2O. The van der Waals surface area contributed by atoms with Gasteiger partial charge >= 0.3 is 0 Å². The Balaban J connectivity index is 3.17.